The van der Waals surface area contributed by atoms with Crippen molar-refractivity contribution < 1.29 is 0 Å². The average Bonchev–Trinajstić information content (AvgIpc) is 2.14. The highest BCUT2D eigenvalue weighted by Crippen LogP contribution is 2.25. The summed E-state index contributed by atoms with van der Waals surface area (Å²) in [5.41, 5.74) is 0. The summed E-state index contributed by atoms with van der Waals surface area (Å²) in [6, 6.07) is 0. The van der Waals surface area contributed by atoms with Gasteiger partial charge in [-0.2, -0.15) is 0 Å². The van der Waals surface area contributed by atoms with Crippen molar-refractivity contribution in [3.8, 4) is 0 Å². The van der Waals surface area contributed by atoms with Gasteiger partial charge in [0.2, 0.25) is 0 Å². The predicted octanol–water partition coefficient (Wildman–Crippen LogP) is 6.23. The predicted molar refractivity (Wildman–Crippen MR) is 87.7 cm³/mol. The van der Waals surface area contributed by atoms with E-state index < -0.39 is 0 Å². The lowest BCUT2D eigenvalue weighted by atomic mass is 10.1. The first-order chi connectivity index (χ1) is 8.35. The van der Waals surface area contributed by atoms with Crippen molar-refractivity contribution in [1.82, 2.24) is 0 Å². The van der Waals surface area contributed by atoms with Gasteiger partial charge in [-0.15, -0.1) is 69.6 Å². The van der Waals surface area contributed by atoms with Gasteiger partial charge in [0, 0.05) is 32.8 Å². The van der Waals surface area contributed by atoms with Crippen LogP contribution < -0.4 is 0 Å². The third kappa shape index (κ3) is 11.6. The molecule has 5 unspecified atom stereocenters. The molecule has 0 heterocycles. The zero-order chi connectivity index (χ0) is 14.1. The Kier molecular flexibility index (Phi) is 12.5. The summed E-state index contributed by atoms with van der Waals surface area (Å²) in [4.78, 5) is 0. The maximum Gasteiger partial charge on any atom is 0.0364 e. The first-order valence-electron chi connectivity index (χ1n) is 6.11. The van der Waals surface area contributed by atoms with Gasteiger partial charge in [-0.25, -0.2) is 0 Å². The molecule has 0 aromatic carbocycles. The maximum absolute atomic E-state index is 6.23. The van der Waals surface area contributed by atoms with Crippen LogP contribution in [-0.2, 0) is 0 Å². The van der Waals surface area contributed by atoms with Crippen molar-refractivity contribution in [3.05, 3.63) is 0 Å². The molecular formula is C12H20Cl6. The van der Waals surface area contributed by atoms with Crippen LogP contribution in [-0.4, -0.2) is 32.8 Å². The molecular weight excluding hydrogens is 357 g/mol. The Labute approximate surface area is 141 Å². The molecule has 0 aliphatic heterocycles. The molecule has 0 radical (unpaired) electrons. The van der Waals surface area contributed by atoms with Crippen LogP contribution in [0.25, 0.3) is 0 Å². The molecule has 0 N–H and O–H groups in total. The van der Waals surface area contributed by atoms with Crippen LogP contribution in [0.3, 0.4) is 0 Å². The molecule has 0 aromatic heterocycles. The number of hydrogen-bond donors (Lipinski definition) is 0. The summed E-state index contributed by atoms with van der Waals surface area (Å²) in [6.45, 7) is 1.93. The van der Waals surface area contributed by atoms with Gasteiger partial charge in [-0.3, -0.25) is 0 Å². The molecule has 0 saturated carbocycles. The van der Waals surface area contributed by atoms with Gasteiger partial charge in [-0.1, -0.05) is 0 Å². The zero-order valence-electron chi connectivity index (χ0n) is 10.4. The highest BCUT2D eigenvalue weighted by atomic mass is 35.5. The molecule has 6 heteroatoms. The molecule has 0 aromatic rings. The Hall–Kier alpha value is 1.74. The lowest BCUT2D eigenvalue weighted by Gasteiger charge is -2.19. The molecule has 0 bridgehead atoms. The third-order valence-electron chi connectivity index (χ3n) is 2.54. The van der Waals surface area contributed by atoms with E-state index in [1.165, 1.54) is 0 Å². The molecule has 110 valence electrons. The fourth-order valence-electron chi connectivity index (χ4n) is 1.71. The lowest BCUT2D eigenvalue weighted by molar-refractivity contribution is 0.582. The largest absolute Gasteiger partial charge is 0.127 e. The average molecular weight is 377 g/mol. The fraction of sp³-hybridized carbons (Fsp3) is 1.00. The summed E-state index contributed by atoms with van der Waals surface area (Å²) >= 11 is 36.2. The summed E-state index contributed by atoms with van der Waals surface area (Å²) in [7, 11) is 0. The summed E-state index contributed by atoms with van der Waals surface area (Å²) in [5, 5.41) is 0.0157. The summed E-state index contributed by atoms with van der Waals surface area (Å²) in [5.74, 6) is 0.555. The quantitative estimate of drug-likeness (QED) is 0.396. The van der Waals surface area contributed by atoms with Crippen LogP contribution >= 0.6 is 69.6 Å². The van der Waals surface area contributed by atoms with E-state index in [9.17, 15) is 0 Å². The molecule has 0 spiro atoms. The highest BCUT2D eigenvalue weighted by molar-refractivity contribution is 6.26. The van der Waals surface area contributed by atoms with Crippen molar-refractivity contribution in [2.45, 2.75) is 65.9 Å². The number of rotatable bonds is 10. The summed E-state index contributed by atoms with van der Waals surface area (Å²) < 4.78 is 0. The second-order valence-corrected chi connectivity index (χ2v) is 8.18. The minimum Gasteiger partial charge on any atom is -0.127 e. The maximum atomic E-state index is 6.23. The topological polar surface area (TPSA) is 0 Å². The molecule has 0 fully saturated rings. The molecule has 0 rings (SSSR count). The minimum absolute atomic E-state index is 0.00138. The van der Waals surface area contributed by atoms with Crippen LogP contribution in [0.15, 0.2) is 0 Å². The monoisotopic (exact) mass is 374 g/mol. The van der Waals surface area contributed by atoms with Crippen LogP contribution in [0.5, 0.6) is 0 Å². The Morgan fingerprint density at radius 1 is 0.667 bits per heavy atom. The van der Waals surface area contributed by atoms with E-state index in [4.69, 9.17) is 69.6 Å². The van der Waals surface area contributed by atoms with Crippen molar-refractivity contribution in [3.63, 3.8) is 0 Å². The Morgan fingerprint density at radius 3 is 1.44 bits per heavy atom. The van der Waals surface area contributed by atoms with Gasteiger partial charge in [0.1, 0.15) is 0 Å². The van der Waals surface area contributed by atoms with E-state index in [1.807, 2.05) is 6.92 Å². The van der Waals surface area contributed by atoms with E-state index in [0.717, 1.165) is 19.3 Å². The third-order valence-corrected chi connectivity index (χ3v) is 4.40. The first kappa shape index (κ1) is 19.7. The van der Waals surface area contributed by atoms with Gasteiger partial charge >= 0.3 is 0 Å². The number of halogens is 6. The van der Waals surface area contributed by atoms with Crippen molar-refractivity contribution in [2.24, 2.45) is 0 Å². The lowest BCUT2D eigenvalue weighted by Crippen LogP contribution is -2.18. The van der Waals surface area contributed by atoms with Crippen molar-refractivity contribution in [2.75, 3.05) is 5.88 Å². The Morgan fingerprint density at radius 2 is 1.06 bits per heavy atom. The normalized spacial score (nSPS) is 20.2. The SMILES string of the molecule is CC(Cl)CC(Cl)CC(Cl)CC(Cl)CC(Cl)CCCl. The number of alkyl halides is 6. The van der Waals surface area contributed by atoms with Gasteiger partial charge < -0.3 is 0 Å². The van der Waals surface area contributed by atoms with Crippen molar-refractivity contribution in [1.29, 1.82) is 0 Å². The van der Waals surface area contributed by atoms with Crippen LogP contribution in [0.1, 0.15) is 39.0 Å². The molecule has 18 heavy (non-hydrogen) atoms. The van der Waals surface area contributed by atoms with E-state index in [2.05, 4.69) is 0 Å². The molecule has 5 atom stereocenters. The van der Waals surface area contributed by atoms with Crippen LogP contribution in [0.4, 0.5) is 0 Å². The van der Waals surface area contributed by atoms with Crippen LogP contribution in [0, 0.1) is 0 Å². The fourth-order valence-corrected chi connectivity index (χ4v) is 4.33. The zero-order valence-corrected chi connectivity index (χ0v) is 14.9. The smallest absolute Gasteiger partial charge is 0.0364 e. The van der Waals surface area contributed by atoms with Gasteiger partial charge in [0.15, 0.2) is 0 Å². The van der Waals surface area contributed by atoms with E-state index in [-0.39, 0.29) is 26.9 Å². The Balaban J connectivity index is 3.82. The van der Waals surface area contributed by atoms with E-state index in [1.54, 1.807) is 0 Å². The van der Waals surface area contributed by atoms with Crippen LogP contribution in [0.2, 0.25) is 0 Å². The minimum atomic E-state index is -0.0368. The van der Waals surface area contributed by atoms with Crippen molar-refractivity contribution >= 4 is 69.6 Å². The standard InChI is InChI=1S/C12H20Cl6/c1-8(14)4-10(16)6-12(18)7-11(17)5-9(15)2-3-13/h8-12H,2-7H2,1H3. The van der Waals surface area contributed by atoms with E-state index >= 15 is 0 Å². The molecule has 0 nitrogen and oxygen atoms in total. The summed E-state index contributed by atoms with van der Waals surface area (Å²) in [6.07, 6.45) is 3.66. The second-order valence-electron chi connectivity index (χ2n) is 4.59. The molecule has 0 saturated heterocycles. The molecule has 0 aliphatic carbocycles. The van der Waals surface area contributed by atoms with Gasteiger partial charge in [0.05, 0.1) is 0 Å². The van der Waals surface area contributed by atoms with Gasteiger partial charge in [0.25, 0.3) is 0 Å². The Bertz CT molecular complexity index is 199. The van der Waals surface area contributed by atoms with E-state index in [0.29, 0.717) is 18.7 Å². The molecule has 0 amide bonds. The van der Waals surface area contributed by atoms with Gasteiger partial charge in [-0.05, 0) is 39.0 Å². The second kappa shape index (κ2) is 11.4. The highest BCUT2D eigenvalue weighted by Gasteiger charge is 2.19. The number of hydrogen-bond acceptors (Lipinski definition) is 0. The first-order valence-corrected chi connectivity index (χ1v) is 8.83. The molecule has 0 aliphatic rings.